The first-order chi connectivity index (χ1) is 16.7. The minimum Gasteiger partial charge on any atom is -0.466 e. The number of methoxy groups -OCH3 is 2. The van der Waals surface area contributed by atoms with Crippen LogP contribution in [0.5, 0.6) is 0 Å². The van der Waals surface area contributed by atoms with E-state index < -0.39 is 23.8 Å². The molecular formula is C26H23F2N3O4. The molecule has 0 aromatic heterocycles. The van der Waals surface area contributed by atoms with Gasteiger partial charge in [-0.05, 0) is 29.2 Å². The predicted octanol–water partition coefficient (Wildman–Crippen LogP) is 4.10. The van der Waals surface area contributed by atoms with Crippen LogP contribution in [0.1, 0.15) is 35.8 Å². The number of hydrogen-bond donors (Lipinski definition) is 1. The number of ether oxygens (including phenoxy) is 2. The second-order valence-electron chi connectivity index (χ2n) is 8.39. The molecule has 0 radical (unpaired) electrons. The van der Waals surface area contributed by atoms with Crippen LogP contribution in [0.3, 0.4) is 0 Å². The number of nitrogens with two attached hydrogens (primary N) is 1. The van der Waals surface area contributed by atoms with Gasteiger partial charge in [-0.15, -0.1) is 0 Å². The number of benzene rings is 2. The average molecular weight is 479 g/mol. The van der Waals surface area contributed by atoms with E-state index in [0.29, 0.717) is 16.8 Å². The smallest absolute Gasteiger partial charge is 0.355 e. The van der Waals surface area contributed by atoms with Crippen molar-refractivity contribution in [2.24, 2.45) is 5.73 Å². The van der Waals surface area contributed by atoms with Crippen molar-refractivity contribution in [2.75, 3.05) is 19.1 Å². The summed E-state index contributed by atoms with van der Waals surface area (Å²) >= 11 is 0. The normalized spacial score (nSPS) is 19.6. The molecule has 7 nitrogen and oxygen atoms in total. The van der Waals surface area contributed by atoms with E-state index in [1.165, 1.54) is 12.0 Å². The number of alkyl halides is 2. The quantitative estimate of drug-likeness (QED) is 0.644. The number of nitriles is 1. The van der Waals surface area contributed by atoms with Crippen molar-refractivity contribution in [1.29, 1.82) is 5.26 Å². The van der Waals surface area contributed by atoms with Crippen LogP contribution < -0.4 is 10.6 Å². The van der Waals surface area contributed by atoms with E-state index in [1.807, 2.05) is 0 Å². The van der Waals surface area contributed by atoms with Gasteiger partial charge in [-0.1, -0.05) is 42.5 Å². The van der Waals surface area contributed by atoms with Gasteiger partial charge in [0.1, 0.15) is 11.5 Å². The number of anilines is 1. The lowest BCUT2D eigenvalue weighted by atomic mass is 9.76. The summed E-state index contributed by atoms with van der Waals surface area (Å²) in [5.74, 6) is -5.83. The zero-order chi connectivity index (χ0) is 25.3. The van der Waals surface area contributed by atoms with Crippen molar-refractivity contribution in [2.45, 2.75) is 30.6 Å². The Morgan fingerprint density at radius 1 is 1.03 bits per heavy atom. The minimum atomic E-state index is -2.71. The Kier molecular flexibility index (Phi) is 6.31. The van der Waals surface area contributed by atoms with Crippen LogP contribution in [-0.4, -0.2) is 32.1 Å². The summed E-state index contributed by atoms with van der Waals surface area (Å²) in [5.41, 5.74) is 7.69. The Labute approximate surface area is 201 Å². The highest BCUT2D eigenvalue weighted by Gasteiger charge is 2.46. The molecule has 1 heterocycles. The topological polar surface area (TPSA) is 106 Å². The van der Waals surface area contributed by atoms with Crippen LogP contribution in [-0.2, 0) is 19.1 Å². The number of halogens is 2. The van der Waals surface area contributed by atoms with Crippen LogP contribution in [0.2, 0.25) is 0 Å². The molecule has 2 aromatic carbocycles. The molecule has 0 bridgehead atoms. The monoisotopic (exact) mass is 479 g/mol. The Hall–Kier alpha value is -4.19. The fraction of sp³-hybridized carbons (Fsp3) is 0.269. The van der Waals surface area contributed by atoms with Gasteiger partial charge in [0.05, 0.1) is 37.4 Å². The van der Waals surface area contributed by atoms with Crippen molar-refractivity contribution in [3.05, 3.63) is 88.4 Å². The second-order valence-corrected chi connectivity index (χ2v) is 8.39. The molecule has 1 fully saturated rings. The van der Waals surface area contributed by atoms with Gasteiger partial charge in [0.2, 0.25) is 5.92 Å². The molecule has 180 valence electrons. The Morgan fingerprint density at radius 3 is 2.23 bits per heavy atom. The number of carbonyl (C=O) groups excluding carboxylic acids is 2. The van der Waals surface area contributed by atoms with E-state index in [4.69, 9.17) is 15.2 Å². The Morgan fingerprint density at radius 2 is 1.66 bits per heavy atom. The molecular weight excluding hydrogens is 456 g/mol. The van der Waals surface area contributed by atoms with Gasteiger partial charge in [0.15, 0.2) is 0 Å². The van der Waals surface area contributed by atoms with Gasteiger partial charge in [-0.25, -0.2) is 18.4 Å². The molecule has 2 aliphatic rings. The molecule has 0 amide bonds. The van der Waals surface area contributed by atoms with Crippen LogP contribution in [0.4, 0.5) is 14.5 Å². The molecule has 9 heteroatoms. The van der Waals surface area contributed by atoms with Gasteiger partial charge in [0.25, 0.3) is 0 Å². The molecule has 2 aromatic rings. The number of esters is 2. The highest BCUT2D eigenvalue weighted by Crippen LogP contribution is 2.49. The summed E-state index contributed by atoms with van der Waals surface area (Å²) in [4.78, 5) is 27.4. The minimum absolute atomic E-state index is 0.0323. The van der Waals surface area contributed by atoms with E-state index >= 15 is 0 Å². The first kappa shape index (κ1) is 24.0. The number of hydrogen-bond acceptors (Lipinski definition) is 7. The molecule has 4 rings (SSSR count). The molecule has 1 aliphatic carbocycles. The number of nitrogens with zero attached hydrogens (tertiary/aromatic N) is 2. The highest BCUT2D eigenvalue weighted by molar-refractivity contribution is 6.06. The maximum Gasteiger partial charge on any atom is 0.355 e. The van der Waals surface area contributed by atoms with E-state index in [0.717, 1.165) is 7.11 Å². The number of allylic oxidation sites excluding steroid dienone is 1. The van der Waals surface area contributed by atoms with Crippen molar-refractivity contribution in [3.8, 4) is 6.07 Å². The summed E-state index contributed by atoms with van der Waals surface area (Å²) in [6, 6.07) is 17.3. The average Bonchev–Trinajstić information content (AvgIpc) is 2.86. The van der Waals surface area contributed by atoms with Crippen LogP contribution in [0.25, 0.3) is 0 Å². The van der Waals surface area contributed by atoms with Crippen LogP contribution in [0.15, 0.2) is 77.3 Å². The summed E-state index contributed by atoms with van der Waals surface area (Å²) in [5, 5.41) is 10.1. The van der Waals surface area contributed by atoms with Crippen molar-refractivity contribution in [3.63, 3.8) is 0 Å². The molecule has 1 atom stereocenters. The van der Waals surface area contributed by atoms with Gasteiger partial charge in [-0.2, -0.15) is 5.26 Å². The molecule has 35 heavy (non-hydrogen) atoms. The van der Waals surface area contributed by atoms with Gasteiger partial charge >= 0.3 is 11.9 Å². The van der Waals surface area contributed by atoms with Crippen LogP contribution in [0, 0.1) is 11.3 Å². The lowest BCUT2D eigenvalue weighted by Gasteiger charge is -2.37. The van der Waals surface area contributed by atoms with Gasteiger partial charge < -0.3 is 15.2 Å². The first-order valence-electron chi connectivity index (χ1n) is 10.9. The Balaban J connectivity index is 1.95. The molecule has 1 aliphatic heterocycles. The van der Waals surface area contributed by atoms with E-state index in [2.05, 4.69) is 6.07 Å². The van der Waals surface area contributed by atoms with E-state index in [-0.39, 0.29) is 41.4 Å². The summed E-state index contributed by atoms with van der Waals surface area (Å²) in [6.07, 6.45) is -0.567. The second kappa shape index (κ2) is 9.22. The van der Waals surface area contributed by atoms with Gasteiger partial charge in [0, 0.05) is 18.5 Å². The SMILES string of the molecule is COC(=O)C1=C(C(=O)OC)N(c2cccc(C3CC(F)(F)C3)c2)C(N)=C(C#N)C1c1ccccc1. The fourth-order valence-electron chi connectivity index (χ4n) is 4.60. The number of carbonyl (C=O) groups is 2. The maximum atomic E-state index is 13.5. The molecule has 0 saturated heterocycles. The summed E-state index contributed by atoms with van der Waals surface area (Å²) in [7, 11) is 2.33. The standard InChI is InChI=1S/C26H23F2N3O4/c1-34-24(32)21-20(15-7-4-3-5-8-15)19(14-29)23(30)31(22(21)25(33)35-2)18-10-6-9-16(11-18)17-12-26(27,28)13-17/h3-11,17,20H,12-13,30H2,1-2H3. The van der Waals surface area contributed by atoms with Gasteiger partial charge in [-0.3, -0.25) is 4.90 Å². The van der Waals surface area contributed by atoms with E-state index in [9.17, 15) is 23.6 Å². The first-order valence-corrected chi connectivity index (χ1v) is 10.9. The lowest BCUT2D eigenvalue weighted by molar-refractivity contribution is -0.139. The van der Waals surface area contributed by atoms with Crippen molar-refractivity contribution < 1.29 is 27.8 Å². The summed E-state index contributed by atoms with van der Waals surface area (Å²) < 4.78 is 37.0. The van der Waals surface area contributed by atoms with E-state index in [1.54, 1.807) is 54.6 Å². The maximum absolute atomic E-state index is 13.5. The third kappa shape index (κ3) is 4.23. The molecule has 1 saturated carbocycles. The van der Waals surface area contributed by atoms with Crippen LogP contribution >= 0.6 is 0 Å². The van der Waals surface area contributed by atoms with Crippen molar-refractivity contribution >= 4 is 17.6 Å². The zero-order valence-corrected chi connectivity index (χ0v) is 19.1. The Bertz CT molecular complexity index is 1270. The predicted molar refractivity (Wildman–Crippen MR) is 123 cm³/mol. The molecule has 2 N–H and O–H groups in total. The number of rotatable bonds is 5. The third-order valence-electron chi connectivity index (χ3n) is 6.30. The largest absolute Gasteiger partial charge is 0.466 e. The van der Waals surface area contributed by atoms with Crippen molar-refractivity contribution in [1.82, 2.24) is 0 Å². The highest BCUT2D eigenvalue weighted by atomic mass is 19.3. The third-order valence-corrected chi connectivity index (χ3v) is 6.30. The molecule has 0 spiro atoms. The lowest BCUT2D eigenvalue weighted by Crippen LogP contribution is -2.41. The molecule has 1 unspecified atom stereocenters. The summed E-state index contributed by atoms with van der Waals surface area (Å²) in [6.45, 7) is 0. The fourth-order valence-corrected chi connectivity index (χ4v) is 4.60. The zero-order valence-electron chi connectivity index (χ0n) is 19.1.